The van der Waals surface area contributed by atoms with Crippen LogP contribution in [-0.4, -0.2) is 39.3 Å². The molecule has 0 saturated heterocycles. The molecule has 1 aromatic rings. The van der Waals surface area contributed by atoms with Gasteiger partial charge in [-0.25, -0.2) is 8.42 Å². The highest BCUT2D eigenvalue weighted by molar-refractivity contribution is 14.0. The molecule has 5 nitrogen and oxygen atoms in total. The Bertz CT molecular complexity index is 589. The summed E-state index contributed by atoms with van der Waals surface area (Å²) in [5, 5.41) is 6.42. The topological polar surface area (TPSA) is 70.6 Å². The number of guanidine groups is 1. The monoisotopic (exact) mass is 467 g/mol. The first kappa shape index (κ1) is 23.2. The van der Waals surface area contributed by atoms with Crippen molar-refractivity contribution >= 4 is 39.8 Å². The Morgan fingerprint density at radius 2 is 1.79 bits per heavy atom. The van der Waals surface area contributed by atoms with E-state index in [4.69, 9.17) is 0 Å². The van der Waals surface area contributed by atoms with Crippen LogP contribution in [0.25, 0.3) is 0 Å². The van der Waals surface area contributed by atoms with E-state index >= 15 is 0 Å². The summed E-state index contributed by atoms with van der Waals surface area (Å²) in [6, 6.07) is 8.41. The quantitative estimate of drug-likeness (QED) is 0.350. The molecule has 0 aliphatic heterocycles. The lowest BCUT2D eigenvalue weighted by molar-refractivity contribution is 0.567. The molecule has 2 N–H and O–H groups in total. The van der Waals surface area contributed by atoms with Crippen LogP contribution in [0.5, 0.6) is 0 Å². The lowest BCUT2D eigenvalue weighted by Crippen LogP contribution is -2.46. The van der Waals surface area contributed by atoms with Crippen molar-refractivity contribution in [3.63, 3.8) is 0 Å². The third kappa shape index (κ3) is 8.32. The maximum atomic E-state index is 12.5. The number of nitrogens with zero attached hydrogens (tertiary/aromatic N) is 1. The molecule has 0 radical (unpaired) electrons. The van der Waals surface area contributed by atoms with E-state index in [1.165, 1.54) is 0 Å². The smallest absolute Gasteiger partial charge is 0.191 e. The predicted octanol–water partition coefficient (Wildman–Crippen LogP) is 3.07. The largest absolute Gasteiger partial charge is 0.357 e. The van der Waals surface area contributed by atoms with Crippen LogP contribution in [0.4, 0.5) is 0 Å². The number of nitrogens with one attached hydrogen (secondary N) is 2. The average molecular weight is 467 g/mol. The van der Waals surface area contributed by atoms with E-state index in [2.05, 4.69) is 29.5 Å². The van der Waals surface area contributed by atoms with E-state index in [9.17, 15) is 8.42 Å². The van der Waals surface area contributed by atoms with Crippen LogP contribution in [-0.2, 0) is 9.84 Å². The van der Waals surface area contributed by atoms with Gasteiger partial charge in [0.1, 0.15) is 0 Å². The van der Waals surface area contributed by atoms with Gasteiger partial charge in [-0.2, -0.15) is 0 Å². The molecule has 0 aliphatic rings. The Kier molecular flexibility index (Phi) is 11.3. The highest BCUT2D eigenvalue weighted by atomic mass is 127. The Morgan fingerprint density at radius 1 is 1.17 bits per heavy atom. The SMILES string of the molecule is CCNC(=NCC(C)C)NC(CC)CS(=O)(=O)c1ccccc1.I. The minimum Gasteiger partial charge on any atom is -0.357 e. The van der Waals surface area contributed by atoms with Crippen LogP contribution >= 0.6 is 24.0 Å². The zero-order valence-electron chi connectivity index (χ0n) is 15.0. The van der Waals surface area contributed by atoms with E-state index in [0.717, 1.165) is 6.54 Å². The predicted molar refractivity (Wildman–Crippen MR) is 112 cm³/mol. The first-order chi connectivity index (χ1) is 10.9. The Hall–Kier alpha value is -0.830. The summed E-state index contributed by atoms with van der Waals surface area (Å²) >= 11 is 0. The molecule has 0 heterocycles. The van der Waals surface area contributed by atoms with Gasteiger partial charge >= 0.3 is 0 Å². The molecule has 138 valence electrons. The third-order valence-corrected chi connectivity index (χ3v) is 5.15. The lowest BCUT2D eigenvalue weighted by Gasteiger charge is -2.20. The van der Waals surface area contributed by atoms with Gasteiger partial charge in [-0.3, -0.25) is 4.99 Å². The molecule has 0 fully saturated rings. The number of benzene rings is 1. The van der Waals surface area contributed by atoms with Gasteiger partial charge in [0.2, 0.25) is 0 Å². The number of sulfone groups is 1. The number of hydrogen-bond acceptors (Lipinski definition) is 3. The van der Waals surface area contributed by atoms with E-state index in [1.54, 1.807) is 24.3 Å². The highest BCUT2D eigenvalue weighted by Crippen LogP contribution is 2.12. The van der Waals surface area contributed by atoms with Crippen molar-refractivity contribution in [3.8, 4) is 0 Å². The maximum Gasteiger partial charge on any atom is 0.191 e. The van der Waals surface area contributed by atoms with E-state index < -0.39 is 9.84 Å². The summed E-state index contributed by atoms with van der Waals surface area (Å²) in [6.07, 6.45) is 0.707. The van der Waals surface area contributed by atoms with Crippen molar-refractivity contribution in [2.45, 2.75) is 45.1 Å². The number of halogens is 1. The molecule has 0 aliphatic carbocycles. The van der Waals surface area contributed by atoms with E-state index in [1.807, 2.05) is 19.9 Å². The van der Waals surface area contributed by atoms with Gasteiger partial charge in [0.25, 0.3) is 0 Å². The molecule has 0 amide bonds. The first-order valence-electron chi connectivity index (χ1n) is 8.21. The summed E-state index contributed by atoms with van der Waals surface area (Å²) in [5.41, 5.74) is 0. The second kappa shape index (κ2) is 11.7. The molecule has 0 spiro atoms. The highest BCUT2D eigenvalue weighted by Gasteiger charge is 2.20. The molecule has 24 heavy (non-hydrogen) atoms. The molecule has 0 bridgehead atoms. The van der Waals surface area contributed by atoms with Crippen LogP contribution in [0.15, 0.2) is 40.2 Å². The van der Waals surface area contributed by atoms with Gasteiger partial charge in [0.05, 0.1) is 10.6 Å². The van der Waals surface area contributed by atoms with Crippen molar-refractivity contribution < 1.29 is 8.42 Å². The summed E-state index contributed by atoms with van der Waals surface area (Å²) in [4.78, 5) is 4.87. The van der Waals surface area contributed by atoms with E-state index in [0.29, 0.717) is 29.7 Å². The van der Waals surface area contributed by atoms with Crippen molar-refractivity contribution in [2.75, 3.05) is 18.8 Å². The Labute approximate surface area is 163 Å². The number of rotatable bonds is 8. The van der Waals surface area contributed by atoms with E-state index in [-0.39, 0.29) is 35.8 Å². The fourth-order valence-corrected chi connectivity index (χ4v) is 3.65. The number of aliphatic imine (C=N–C) groups is 1. The molecule has 0 saturated carbocycles. The molecule has 1 atom stereocenters. The van der Waals surface area contributed by atoms with Crippen LogP contribution < -0.4 is 10.6 Å². The Morgan fingerprint density at radius 3 is 2.29 bits per heavy atom. The zero-order valence-corrected chi connectivity index (χ0v) is 18.1. The molecule has 0 aromatic heterocycles. The fraction of sp³-hybridized carbons (Fsp3) is 0.588. The summed E-state index contributed by atoms with van der Waals surface area (Å²) in [6.45, 7) is 9.62. The zero-order chi connectivity index (χ0) is 17.3. The van der Waals surface area contributed by atoms with Gasteiger partial charge in [-0.15, -0.1) is 24.0 Å². The average Bonchev–Trinajstić information content (AvgIpc) is 2.52. The first-order valence-corrected chi connectivity index (χ1v) is 9.86. The van der Waals surface area contributed by atoms with Gasteiger partial charge in [0, 0.05) is 19.1 Å². The second-order valence-electron chi connectivity index (χ2n) is 5.96. The Balaban J connectivity index is 0.00000529. The minimum absolute atomic E-state index is 0. The van der Waals surface area contributed by atoms with Gasteiger partial charge in [0.15, 0.2) is 15.8 Å². The van der Waals surface area contributed by atoms with Crippen LogP contribution in [0.3, 0.4) is 0 Å². The van der Waals surface area contributed by atoms with Crippen LogP contribution in [0.1, 0.15) is 34.1 Å². The van der Waals surface area contributed by atoms with Gasteiger partial charge < -0.3 is 10.6 Å². The summed E-state index contributed by atoms with van der Waals surface area (Å²) < 4.78 is 25.0. The molecule has 1 rings (SSSR count). The van der Waals surface area contributed by atoms with Crippen molar-refractivity contribution in [1.29, 1.82) is 0 Å². The van der Waals surface area contributed by atoms with Crippen molar-refractivity contribution in [3.05, 3.63) is 30.3 Å². The fourth-order valence-electron chi connectivity index (χ4n) is 2.04. The third-order valence-electron chi connectivity index (χ3n) is 3.32. The summed E-state index contributed by atoms with van der Waals surface area (Å²) in [5.74, 6) is 1.19. The normalized spacial score (nSPS) is 13.3. The molecule has 1 unspecified atom stereocenters. The lowest BCUT2D eigenvalue weighted by atomic mass is 10.2. The minimum atomic E-state index is -3.31. The molecule has 7 heteroatoms. The van der Waals surface area contributed by atoms with Crippen molar-refractivity contribution in [2.24, 2.45) is 10.9 Å². The van der Waals surface area contributed by atoms with Gasteiger partial charge in [-0.05, 0) is 31.4 Å². The molecular weight excluding hydrogens is 437 g/mol. The second-order valence-corrected chi connectivity index (χ2v) is 7.99. The molecule has 1 aromatic carbocycles. The van der Waals surface area contributed by atoms with Crippen LogP contribution in [0, 0.1) is 5.92 Å². The van der Waals surface area contributed by atoms with Gasteiger partial charge in [-0.1, -0.05) is 39.0 Å². The maximum absolute atomic E-state index is 12.5. The number of hydrogen-bond donors (Lipinski definition) is 2. The standard InChI is InChI=1S/C17H29N3O2S.HI/c1-5-15(20-17(18-6-2)19-12-14(3)4)13-23(21,22)16-10-8-7-9-11-16;/h7-11,14-15H,5-6,12-13H2,1-4H3,(H2,18,19,20);1H. The van der Waals surface area contributed by atoms with Crippen molar-refractivity contribution in [1.82, 2.24) is 10.6 Å². The van der Waals surface area contributed by atoms with Crippen LogP contribution in [0.2, 0.25) is 0 Å². The molecular formula is C17H30IN3O2S. The summed E-state index contributed by atoms with van der Waals surface area (Å²) in [7, 11) is -3.31.